The van der Waals surface area contributed by atoms with E-state index in [-0.39, 0.29) is 18.3 Å². The normalized spacial score (nSPS) is 15.3. The van der Waals surface area contributed by atoms with Crippen molar-refractivity contribution in [3.05, 3.63) is 0 Å². The molecule has 79 heavy (non-hydrogen) atoms. The summed E-state index contributed by atoms with van der Waals surface area (Å²) in [7, 11) is 0. The van der Waals surface area contributed by atoms with Gasteiger partial charge in [0, 0.05) is 91.6 Å². The number of unbranched alkanes of at least 4 members (excludes halogenated alkanes) is 37. The quantitative estimate of drug-likeness (QED) is 0.0520. The highest BCUT2D eigenvalue weighted by atomic mass is 16.3. The molecule has 8 heteroatoms. The van der Waals surface area contributed by atoms with Gasteiger partial charge < -0.3 is 20.2 Å². The maximum absolute atomic E-state index is 11.5. The Hall–Kier alpha value is -0.320. The molecule has 3 N–H and O–H groups in total. The molecule has 0 aromatic carbocycles. The Balaban J connectivity index is 2.90. The Morgan fingerprint density at radius 1 is 0.266 bits per heavy atom. The highest BCUT2D eigenvalue weighted by molar-refractivity contribution is 4.78. The van der Waals surface area contributed by atoms with Gasteiger partial charge in [-0.1, -0.05) is 305 Å². The van der Waals surface area contributed by atoms with Gasteiger partial charge in [-0.25, -0.2) is 0 Å². The fourth-order valence-corrected chi connectivity index (χ4v) is 12.6. The molecule has 4 unspecified atom stereocenters. The van der Waals surface area contributed by atoms with Crippen LogP contribution in [-0.4, -0.2) is 156 Å². The van der Waals surface area contributed by atoms with Crippen molar-refractivity contribution in [2.75, 3.05) is 98.2 Å². The molecule has 0 amide bonds. The average molecular weight is 1120 g/mol. The van der Waals surface area contributed by atoms with Gasteiger partial charge in [-0.15, -0.1) is 0 Å². The first-order chi connectivity index (χ1) is 38.7. The molecule has 0 aromatic heterocycles. The topological polar surface area (TPSA) is 76.9 Å². The molecule has 1 saturated heterocycles. The van der Waals surface area contributed by atoms with E-state index in [1.165, 1.54) is 263 Å². The Morgan fingerprint density at radius 2 is 0.506 bits per heavy atom. The summed E-state index contributed by atoms with van der Waals surface area (Å²) in [6.45, 7) is 29.4. The van der Waals surface area contributed by atoms with Gasteiger partial charge in [-0.2, -0.15) is 0 Å². The highest BCUT2D eigenvalue weighted by Crippen LogP contribution is 2.19. The van der Waals surface area contributed by atoms with Gasteiger partial charge in [0.15, 0.2) is 0 Å². The predicted octanol–water partition coefficient (Wildman–Crippen LogP) is 18.3. The van der Waals surface area contributed by atoms with E-state index >= 15 is 0 Å². The zero-order valence-electron chi connectivity index (χ0n) is 55.0. The summed E-state index contributed by atoms with van der Waals surface area (Å²) in [6.07, 6.45) is 59.2. The third kappa shape index (κ3) is 51.8. The van der Waals surface area contributed by atoms with Crippen LogP contribution in [-0.2, 0) is 0 Å². The molecule has 474 valence electrons. The summed E-state index contributed by atoms with van der Waals surface area (Å²) in [4.78, 5) is 13.3. The van der Waals surface area contributed by atoms with Crippen molar-refractivity contribution in [2.45, 2.75) is 355 Å². The third-order valence-electron chi connectivity index (χ3n) is 18.2. The van der Waals surface area contributed by atoms with Gasteiger partial charge in [0.25, 0.3) is 0 Å². The van der Waals surface area contributed by atoms with Crippen LogP contribution in [0.25, 0.3) is 0 Å². The van der Waals surface area contributed by atoms with E-state index in [1.807, 2.05) is 0 Å². The summed E-state index contributed by atoms with van der Waals surface area (Å²) in [5.41, 5.74) is 0. The van der Waals surface area contributed by atoms with Crippen LogP contribution in [0.2, 0.25) is 0 Å². The second-order valence-electron chi connectivity index (χ2n) is 26.3. The van der Waals surface area contributed by atoms with Crippen molar-refractivity contribution in [1.29, 1.82) is 0 Å². The molecule has 1 rings (SSSR count). The van der Waals surface area contributed by atoms with Crippen molar-refractivity contribution in [1.82, 2.24) is 24.5 Å². The Labute approximate surface area is 496 Å². The van der Waals surface area contributed by atoms with Crippen LogP contribution in [0.5, 0.6) is 0 Å². The zero-order valence-corrected chi connectivity index (χ0v) is 55.0. The van der Waals surface area contributed by atoms with E-state index in [4.69, 9.17) is 0 Å². The Bertz CT molecular complexity index is 1150. The number of hydrogen-bond donors (Lipinski definition) is 3. The van der Waals surface area contributed by atoms with Gasteiger partial charge in [-0.05, 0) is 44.6 Å². The molecule has 0 aliphatic carbocycles. The highest BCUT2D eigenvalue weighted by Gasteiger charge is 2.22. The number of piperazine rings is 1. The van der Waals surface area contributed by atoms with E-state index in [0.717, 1.165) is 117 Å². The van der Waals surface area contributed by atoms with Gasteiger partial charge >= 0.3 is 0 Å². The lowest BCUT2D eigenvalue weighted by Gasteiger charge is -2.37. The van der Waals surface area contributed by atoms with E-state index in [0.29, 0.717) is 19.0 Å². The number of nitrogens with zero attached hydrogens (tertiary/aromatic N) is 5. The zero-order chi connectivity index (χ0) is 57.3. The van der Waals surface area contributed by atoms with E-state index in [9.17, 15) is 15.3 Å². The smallest absolute Gasteiger partial charge is 0.0667 e. The van der Waals surface area contributed by atoms with Crippen LogP contribution < -0.4 is 0 Å². The third-order valence-corrected chi connectivity index (χ3v) is 18.2. The van der Waals surface area contributed by atoms with Crippen LogP contribution >= 0.6 is 0 Å². The predicted molar refractivity (Wildman–Crippen MR) is 350 cm³/mol. The fraction of sp³-hybridized carbons (Fsp3) is 1.00. The molecule has 1 aliphatic rings. The molecule has 8 nitrogen and oxygen atoms in total. The number of aliphatic hydroxyl groups is 3. The second kappa shape index (κ2) is 59.4. The van der Waals surface area contributed by atoms with Crippen molar-refractivity contribution >= 4 is 0 Å². The SMILES string of the molecule is CCCCCCCCCCCCN(CCN1CCN(CCN(CCN(CC(O)CCCCCCCCCC)CC(O)CCCCCCCCCC)CC(C)CCCCCCCCCC)CC1)CC(O)CCCCCCCCCC. The maximum atomic E-state index is 11.5. The van der Waals surface area contributed by atoms with E-state index in [2.05, 4.69) is 66.0 Å². The maximum Gasteiger partial charge on any atom is 0.0667 e. The largest absolute Gasteiger partial charge is 0.392 e. The molecule has 0 radical (unpaired) electrons. The molecule has 0 bridgehead atoms. The van der Waals surface area contributed by atoms with Crippen LogP contribution in [0.1, 0.15) is 337 Å². The molecule has 0 spiro atoms. The number of hydrogen-bond acceptors (Lipinski definition) is 8. The minimum Gasteiger partial charge on any atom is -0.392 e. The van der Waals surface area contributed by atoms with Crippen molar-refractivity contribution < 1.29 is 15.3 Å². The van der Waals surface area contributed by atoms with Crippen molar-refractivity contribution in [3.63, 3.8) is 0 Å². The standard InChI is InChI=1S/C71H147N5O3/c1-7-12-17-22-27-32-33-38-43-48-53-74(65-69(77)50-45-40-35-29-24-19-14-9-3)60-58-72-54-56-73(57-55-72)59-61-75(64-68(6)49-44-39-34-28-23-18-13-8-2)62-63-76(66-70(78)51-46-41-36-30-25-20-15-10-4)67-71(79)52-47-42-37-31-26-21-16-11-5/h68-71,77-79H,7-67H2,1-6H3. The van der Waals surface area contributed by atoms with Crippen molar-refractivity contribution in [3.8, 4) is 0 Å². The molecule has 1 fully saturated rings. The molecular formula is C71H147N5O3. The van der Waals surface area contributed by atoms with Gasteiger partial charge in [0.05, 0.1) is 18.3 Å². The monoisotopic (exact) mass is 1120 g/mol. The first kappa shape index (κ1) is 76.7. The molecule has 0 saturated carbocycles. The fourth-order valence-electron chi connectivity index (χ4n) is 12.6. The minimum absolute atomic E-state index is 0.201. The summed E-state index contributed by atoms with van der Waals surface area (Å²) in [5.74, 6) is 0.674. The molecule has 4 atom stereocenters. The first-order valence-corrected chi connectivity index (χ1v) is 36.4. The van der Waals surface area contributed by atoms with Gasteiger partial charge in [0.2, 0.25) is 0 Å². The molecule has 1 aliphatic heterocycles. The Morgan fingerprint density at radius 3 is 0.823 bits per heavy atom. The molecule has 0 aromatic rings. The number of aliphatic hydroxyl groups excluding tert-OH is 3. The van der Waals surface area contributed by atoms with Crippen LogP contribution in [0, 0.1) is 5.92 Å². The van der Waals surface area contributed by atoms with E-state index < -0.39 is 0 Å². The summed E-state index contributed by atoms with van der Waals surface area (Å²) in [5, 5.41) is 34.2. The lowest BCUT2D eigenvalue weighted by atomic mass is 10.0. The van der Waals surface area contributed by atoms with E-state index in [1.54, 1.807) is 0 Å². The molecular weight excluding hydrogens is 971 g/mol. The molecule has 1 heterocycles. The van der Waals surface area contributed by atoms with Crippen molar-refractivity contribution in [2.24, 2.45) is 5.92 Å². The number of rotatable bonds is 64. The van der Waals surface area contributed by atoms with Crippen LogP contribution in [0.3, 0.4) is 0 Å². The average Bonchev–Trinajstić information content (AvgIpc) is 3.45. The lowest BCUT2D eigenvalue weighted by molar-refractivity contribution is 0.0515. The Kier molecular flexibility index (Phi) is 57.7. The lowest BCUT2D eigenvalue weighted by Crippen LogP contribution is -2.51. The van der Waals surface area contributed by atoms with Gasteiger partial charge in [0.1, 0.15) is 0 Å². The second-order valence-corrected chi connectivity index (χ2v) is 26.3. The summed E-state index contributed by atoms with van der Waals surface area (Å²) >= 11 is 0. The summed E-state index contributed by atoms with van der Waals surface area (Å²) < 4.78 is 0. The first-order valence-electron chi connectivity index (χ1n) is 36.4. The van der Waals surface area contributed by atoms with Gasteiger partial charge in [-0.3, -0.25) is 19.6 Å². The van der Waals surface area contributed by atoms with Crippen LogP contribution in [0.15, 0.2) is 0 Å². The summed E-state index contributed by atoms with van der Waals surface area (Å²) in [6, 6.07) is 0. The van der Waals surface area contributed by atoms with Crippen LogP contribution in [0.4, 0.5) is 0 Å². The minimum atomic E-state index is -0.322.